The summed E-state index contributed by atoms with van der Waals surface area (Å²) in [6, 6.07) is 6.29. The second kappa shape index (κ2) is 7.07. The molecule has 0 fully saturated rings. The Hall–Kier alpha value is -2.09. The smallest absolute Gasteiger partial charge is 0.324 e. The van der Waals surface area contributed by atoms with Gasteiger partial charge < -0.3 is 9.84 Å². The lowest BCUT2D eigenvalue weighted by Crippen LogP contribution is -2.39. The summed E-state index contributed by atoms with van der Waals surface area (Å²) in [7, 11) is -4.13. The number of carbonyl (C=O) groups is 2. The Kier molecular flexibility index (Phi) is 5.71. The number of rotatable bonds is 7. The molecule has 0 heterocycles. The molecule has 8 heteroatoms. The first-order valence-electron chi connectivity index (χ1n) is 6.20. The Balaban J connectivity index is 3.09. The van der Waals surface area contributed by atoms with E-state index in [-0.39, 0.29) is 12.3 Å². The molecule has 0 aliphatic rings. The van der Waals surface area contributed by atoms with Gasteiger partial charge in [0.2, 0.25) is 10.0 Å². The van der Waals surface area contributed by atoms with Crippen molar-refractivity contribution in [1.29, 1.82) is 0 Å². The molecule has 0 aliphatic heterocycles. The molecule has 116 valence electrons. The maximum atomic E-state index is 12.2. The van der Waals surface area contributed by atoms with Crippen molar-refractivity contribution in [3.8, 4) is 0 Å². The summed E-state index contributed by atoms with van der Waals surface area (Å²) in [6.45, 7) is 2.67. The molecular weight excluding hydrogens is 298 g/mol. The number of carboxylic acids is 1. The van der Waals surface area contributed by atoms with E-state index >= 15 is 0 Å². The van der Waals surface area contributed by atoms with Crippen LogP contribution in [0.4, 0.5) is 5.69 Å². The lowest BCUT2D eigenvalue weighted by atomic mass is 10.2. The van der Waals surface area contributed by atoms with Gasteiger partial charge in [0.1, 0.15) is 6.54 Å². The van der Waals surface area contributed by atoms with Gasteiger partial charge in [-0.2, -0.15) is 0 Å². The predicted molar refractivity (Wildman–Crippen MR) is 76.6 cm³/mol. The number of hydrogen-bond donors (Lipinski definition) is 1. The van der Waals surface area contributed by atoms with Gasteiger partial charge in [-0.1, -0.05) is 17.7 Å². The van der Waals surface area contributed by atoms with Gasteiger partial charge in [-0.25, -0.2) is 8.42 Å². The van der Waals surface area contributed by atoms with E-state index in [1.807, 2.05) is 6.92 Å². The third kappa shape index (κ3) is 5.07. The van der Waals surface area contributed by atoms with Gasteiger partial charge in [0, 0.05) is 0 Å². The number of carboxylic acid groups (broad SMARTS) is 1. The quantitative estimate of drug-likeness (QED) is 0.746. The van der Waals surface area contributed by atoms with Gasteiger partial charge in [0.05, 0.1) is 12.3 Å². The number of aryl methyl sites for hydroxylation is 1. The van der Waals surface area contributed by atoms with E-state index in [2.05, 4.69) is 4.74 Å². The third-order valence-electron chi connectivity index (χ3n) is 2.54. The highest BCUT2D eigenvalue weighted by Gasteiger charge is 2.28. The normalized spacial score (nSPS) is 11.0. The number of esters is 1. The number of carbonyl (C=O) groups excluding carboxylic acids is 1. The predicted octanol–water partition coefficient (Wildman–Crippen LogP) is 0.779. The molecule has 1 rings (SSSR count). The monoisotopic (exact) mass is 315 g/mol. The minimum atomic E-state index is -4.13. The van der Waals surface area contributed by atoms with Crippen molar-refractivity contribution in [2.45, 2.75) is 13.8 Å². The molecule has 0 radical (unpaired) electrons. The summed E-state index contributed by atoms with van der Waals surface area (Å²) in [6.07, 6.45) is 0. The van der Waals surface area contributed by atoms with Gasteiger partial charge in [0.25, 0.3) is 0 Å². The zero-order valence-corrected chi connectivity index (χ0v) is 12.6. The summed E-state index contributed by atoms with van der Waals surface area (Å²) in [4.78, 5) is 22.2. The molecular formula is C13H17NO6S. The van der Waals surface area contributed by atoms with E-state index in [0.717, 1.165) is 5.56 Å². The minimum Gasteiger partial charge on any atom is -0.480 e. The molecule has 0 atom stereocenters. The molecule has 7 nitrogen and oxygen atoms in total. The second-order valence-corrected chi connectivity index (χ2v) is 6.19. The molecule has 0 bridgehead atoms. The van der Waals surface area contributed by atoms with Crippen molar-refractivity contribution < 1.29 is 27.9 Å². The van der Waals surface area contributed by atoms with Crippen LogP contribution in [-0.2, 0) is 24.3 Å². The van der Waals surface area contributed by atoms with E-state index in [9.17, 15) is 18.0 Å². The highest BCUT2D eigenvalue weighted by molar-refractivity contribution is 7.93. The van der Waals surface area contributed by atoms with Crippen LogP contribution < -0.4 is 4.31 Å². The van der Waals surface area contributed by atoms with Crippen LogP contribution in [-0.4, -0.2) is 44.4 Å². The standard InChI is InChI=1S/C13H17NO6S/c1-3-20-13(17)9-21(18,19)14(8-12(15)16)11-6-4-10(2)5-7-11/h4-7H,3,8-9H2,1-2H3,(H,15,16). The van der Waals surface area contributed by atoms with Crippen LogP contribution in [0.15, 0.2) is 24.3 Å². The van der Waals surface area contributed by atoms with E-state index in [4.69, 9.17) is 5.11 Å². The van der Waals surface area contributed by atoms with E-state index in [1.165, 1.54) is 12.1 Å². The van der Waals surface area contributed by atoms with Crippen molar-refractivity contribution in [1.82, 2.24) is 0 Å². The first-order chi connectivity index (χ1) is 9.76. The molecule has 0 amide bonds. The summed E-state index contributed by atoms with van der Waals surface area (Å²) in [5.74, 6) is -3.13. The number of ether oxygens (including phenoxy) is 1. The van der Waals surface area contributed by atoms with Crippen molar-refractivity contribution >= 4 is 27.6 Å². The zero-order chi connectivity index (χ0) is 16.0. The maximum absolute atomic E-state index is 12.2. The highest BCUT2D eigenvalue weighted by Crippen LogP contribution is 2.19. The van der Waals surface area contributed by atoms with Crippen molar-refractivity contribution in [2.24, 2.45) is 0 Å². The fourth-order valence-corrected chi connectivity index (χ4v) is 2.90. The van der Waals surface area contributed by atoms with Crippen LogP contribution in [0.2, 0.25) is 0 Å². The number of sulfonamides is 1. The van der Waals surface area contributed by atoms with Gasteiger partial charge in [0.15, 0.2) is 5.75 Å². The largest absolute Gasteiger partial charge is 0.480 e. The lowest BCUT2D eigenvalue weighted by Gasteiger charge is -2.22. The molecule has 0 saturated heterocycles. The Morgan fingerprint density at radius 2 is 1.81 bits per heavy atom. The SMILES string of the molecule is CCOC(=O)CS(=O)(=O)N(CC(=O)O)c1ccc(C)cc1. The zero-order valence-electron chi connectivity index (χ0n) is 11.8. The summed E-state index contributed by atoms with van der Waals surface area (Å²) in [5, 5.41) is 8.88. The Morgan fingerprint density at radius 1 is 1.24 bits per heavy atom. The summed E-state index contributed by atoms with van der Waals surface area (Å²) < 4.78 is 29.7. The highest BCUT2D eigenvalue weighted by atomic mass is 32.2. The number of aliphatic carboxylic acids is 1. The first kappa shape index (κ1) is 17.0. The summed E-state index contributed by atoms with van der Waals surface area (Å²) in [5.41, 5.74) is 1.09. The van der Waals surface area contributed by atoms with Gasteiger partial charge in [-0.3, -0.25) is 13.9 Å². The molecule has 0 aliphatic carbocycles. The van der Waals surface area contributed by atoms with Crippen molar-refractivity contribution in [3.63, 3.8) is 0 Å². The molecule has 1 N–H and O–H groups in total. The Morgan fingerprint density at radius 3 is 2.29 bits per heavy atom. The van der Waals surface area contributed by atoms with Crippen LogP contribution >= 0.6 is 0 Å². The Bertz CT molecular complexity index is 608. The van der Waals surface area contributed by atoms with Crippen LogP contribution in [0.1, 0.15) is 12.5 Å². The third-order valence-corrected chi connectivity index (χ3v) is 4.15. The van der Waals surface area contributed by atoms with Gasteiger partial charge in [-0.05, 0) is 26.0 Å². The molecule has 0 saturated carbocycles. The molecule has 0 spiro atoms. The van der Waals surface area contributed by atoms with E-state index < -0.39 is 34.3 Å². The number of nitrogens with zero attached hydrogens (tertiary/aromatic N) is 1. The van der Waals surface area contributed by atoms with Crippen LogP contribution in [0, 0.1) is 6.92 Å². The second-order valence-electron chi connectivity index (χ2n) is 4.30. The van der Waals surface area contributed by atoms with E-state index in [1.54, 1.807) is 19.1 Å². The topological polar surface area (TPSA) is 101 Å². The number of benzene rings is 1. The van der Waals surface area contributed by atoms with Crippen LogP contribution in [0.25, 0.3) is 0 Å². The van der Waals surface area contributed by atoms with Crippen LogP contribution in [0.5, 0.6) is 0 Å². The van der Waals surface area contributed by atoms with E-state index in [0.29, 0.717) is 4.31 Å². The molecule has 0 unspecified atom stereocenters. The molecule has 0 aromatic heterocycles. The molecule has 21 heavy (non-hydrogen) atoms. The average molecular weight is 315 g/mol. The minimum absolute atomic E-state index is 0.0534. The molecule has 1 aromatic carbocycles. The lowest BCUT2D eigenvalue weighted by molar-refractivity contribution is -0.140. The number of hydrogen-bond acceptors (Lipinski definition) is 5. The average Bonchev–Trinajstić information content (AvgIpc) is 2.36. The van der Waals surface area contributed by atoms with Gasteiger partial charge in [-0.15, -0.1) is 0 Å². The molecule has 1 aromatic rings. The fourth-order valence-electron chi connectivity index (χ4n) is 1.61. The Labute approximate surface area is 123 Å². The number of anilines is 1. The van der Waals surface area contributed by atoms with Crippen molar-refractivity contribution in [3.05, 3.63) is 29.8 Å². The van der Waals surface area contributed by atoms with Gasteiger partial charge >= 0.3 is 11.9 Å². The summed E-state index contributed by atoms with van der Waals surface area (Å²) >= 11 is 0. The fraction of sp³-hybridized carbons (Fsp3) is 0.385. The van der Waals surface area contributed by atoms with Crippen molar-refractivity contribution in [2.75, 3.05) is 23.2 Å². The maximum Gasteiger partial charge on any atom is 0.324 e. The van der Waals surface area contributed by atoms with Crippen LogP contribution in [0.3, 0.4) is 0 Å². The first-order valence-corrected chi connectivity index (χ1v) is 7.81.